The Kier molecular flexibility index (Phi) is 4.22. The molecule has 0 radical (unpaired) electrons. The molecule has 6 nitrogen and oxygen atoms in total. The minimum atomic E-state index is -0.465. The number of aryl methyl sites for hydroxylation is 1. The Morgan fingerprint density at radius 2 is 2.00 bits per heavy atom. The number of nitro benzene ring substituents is 1. The molecule has 0 bridgehead atoms. The zero-order valence-electron chi connectivity index (χ0n) is 12.6. The maximum Gasteiger partial charge on any atom is 0.271 e. The van der Waals surface area contributed by atoms with Gasteiger partial charge in [0.1, 0.15) is 5.82 Å². The molecule has 0 unspecified atom stereocenters. The van der Waals surface area contributed by atoms with Gasteiger partial charge in [-0.1, -0.05) is 23.5 Å². The van der Waals surface area contributed by atoms with E-state index >= 15 is 0 Å². The Labute approximate surface area is 139 Å². The minimum Gasteiger partial charge on any atom is -0.319 e. The second-order valence-corrected chi connectivity index (χ2v) is 6.17. The van der Waals surface area contributed by atoms with Crippen LogP contribution in [0.5, 0.6) is 0 Å². The number of aromatic nitrogens is 1. The fourth-order valence-electron chi connectivity index (χ4n) is 2.26. The van der Waals surface area contributed by atoms with Crippen LogP contribution in [0.2, 0.25) is 0 Å². The molecule has 0 N–H and O–H groups in total. The smallest absolute Gasteiger partial charge is 0.271 e. The van der Waals surface area contributed by atoms with Crippen LogP contribution >= 0.6 is 11.3 Å². The zero-order chi connectivity index (χ0) is 17.3. The highest BCUT2D eigenvalue weighted by Gasteiger charge is 2.11. The van der Waals surface area contributed by atoms with Crippen molar-refractivity contribution in [2.45, 2.75) is 6.42 Å². The fourth-order valence-corrected chi connectivity index (χ4v) is 3.27. The first-order chi connectivity index (χ1) is 11.4. The van der Waals surface area contributed by atoms with Crippen molar-refractivity contribution in [2.24, 2.45) is 12.0 Å². The number of benzene rings is 2. The van der Waals surface area contributed by atoms with Crippen molar-refractivity contribution >= 4 is 33.1 Å². The number of halogens is 1. The van der Waals surface area contributed by atoms with Crippen molar-refractivity contribution in [3.63, 3.8) is 0 Å². The SMILES string of the molecule is Cn1c(=NC(=O)Cc2ccc(F)cc2)sc2ccc([N+](=O)[O-])cc21. The van der Waals surface area contributed by atoms with Crippen molar-refractivity contribution in [2.75, 3.05) is 0 Å². The number of hydrogen-bond acceptors (Lipinski definition) is 4. The van der Waals surface area contributed by atoms with Crippen LogP contribution in [0.25, 0.3) is 10.2 Å². The van der Waals surface area contributed by atoms with E-state index in [1.54, 1.807) is 17.7 Å². The van der Waals surface area contributed by atoms with Gasteiger partial charge in [0, 0.05) is 19.2 Å². The molecule has 0 aliphatic rings. The summed E-state index contributed by atoms with van der Waals surface area (Å²) < 4.78 is 15.3. The Bertz CT molecular complexity index is 1010. The van der Waals surface area contributed by atoms with Crippen molar-refractivity contribution in [3.05, 3.63) is 68.8 Å². The summed E-state index contributed by atoms with van der Waals surface area (Å²) in [4.78, 5) is 27.0. The summed E-state index contributed by atoms with van der Waals surface area (Å²) in [6.45, 7) is 0. The van der Waals surface area contributed by atoms with Crippen LogP contribution in [0.3, 0.4) is 0 Å². The predicted octanol–water partition coefficient (Wildman–Crippen LogP) is 2.96. The lowest BCUT2D eigenvalue weighted by Gasteiger charge is -1.97. The third-order valence-electron chi connectivity index (χ3n) is 3.49. The highest BCUT2D eigenvalue weighted by molar-refractivity contribution is 7.16. The molecule has 0 saturated carbocycles. The van der Waals surface area contributed by atoms with Crippen molar-refractivity contribution in [3.8, 4) is 0 Å². The molecule has 0 aliphatic heterocycles. The van der Waals surface area contributed by atoms with Crippen LogP contribution in [-0.2, 0) is 18.3 Å². The van der Waals surface area contributed by atoms with E-state index in [9.17, 15) is 19.3 Å². The van der Waals surface area contributed by atoms with E-state index in [1.807, 2.05) is 0 Å². The van der Waals surface area contributed by atoms with Gasteiger partial charge < -0.3 is 4.57 Å². The number of fused-ring (bicyclic) bond motifs is 1. The lowest BCUT2D eigenvalue weighted by molar-refractivity contribution is -0.384. The zero-order valence-corrected chi connectivity index (χ0v) is 13.4. The van der Waals surface area contributed by atoms with Gasteiger partial charge in [-0.05, 0) is 23.8 Å². The van der Waals surface area contributed by atoms with Crippen molar-refractivity contribution in [1.82, 2.24) is 4.57 Å². The number of rotatable bonds is 3. The number of hydrogen-bond donors (Lipinski definition) is 0. The lowest BCUT2D eigenvalue weighted by atomic mass is 10.1. The third-order valence-corrected chi connectivity index (χ3v) is 4.60. The largest absolute Gasteiger partial charge is 0.319 e. The van der Waals surface area contributed by atoms with Gasteiger partial charge in [0.15, 0.2) is 4.80 Å². The van der Waals surface area contributed by atoms with Crippen LogP contribution < -0.4 is 4.80 Å². The number of carbonyl (C=O) groups is 1. The van der Waals surface area contributed by atoms with Crippen LogP contribution in [0, 0.1) is 15.9 Å². The average molecular weight is 345 g/mol. The standard InChI is InChI=1S/C16H12FN3O3S/c1-19-13-9-12(20(22)23)6-7-14(13)24-16(19)18-15(21)8-10-2-4-11(17)5-3-10/h2-7,9H,8H2,1H3. The highest BCUT2D eigenvalue weighted by atomic mass is 32.1. The molecule has 0 atom stereocenters. The third kappa shape index (κ3) is 3.23. The van der Waals surface area contributed by atoms with E-state index < -0.39 is 4.92 Å². The summed E-state index contributed by atoms with van der Waals surface area (Å²) >= 11 is 1.28. The number of nitro groups is 1. The number of carbonyl (C=O) groups excluding carboxylic acids is 1. The molecular formula is C16H12FN3O3S. The van der Waals surface area contributed by atoms with Crippen LogP contribution in [0.15, 0.2) is 47.5 Å². The first kappa shape index (κ1) is 16.0. The van der Waals surface area contributed by atoms with E-state index in [2.05, 4.69) is 4.99 Å². The van der Waals surface area contributed by atoms with Gasteiger partial charge in [-0.25, -0.2) is 4.39 Å². The van der Waals surface area contributed by atoms with Gasteiger partial charge in [-0.15, -0.1) is 0 Å². The second-order valence-electron chi connectivity index (χ2n) is 5.16. The molecule has 0 saturated heterocycles. The first-order valence-corrected chi connectivity index (χ1v) is 7.81. The number of non-ortho nitro benzene ring substituents is 1. The van der Waals surface area contributed by atoms with Crippen molar-refractivity contribution in [1.29, 1.82) is 0 Å². The quantitative estimate of drug-likeness (QED) is 0.541. The second kappa shape index (κ2) is 6.32. The molecule has 8 heteroatoms. The predicted molar refractivity (Wildman–Crippen MR) is 88.1 cm³/mol. The summed E-state index contributed by atoms with van der Waals surface area (Å²) in [6, 6.07) is 10.2. The molecule has 1 amide bonds. The van der Waals surface area contributed by atoms with Crippen LogP contribution in [0.1, 0.15) is 5.56 Å². The van der Waals surface area contributed by atoms with Gasteiger partial charge in [-0.2, -0.15) is 4.99 Å². The molecule has 2 aromatic carbocycles. The van der Waals surface area contributed by atoms with E-state index in [1.165, 1.54) is 47.7 Å². The molecule has 24 heavy (non-hydrogen) atoms. The maximum atomic E-state index is 12.9. The van der Waals surface area contributed by atoms with E-state index in [0.29, 0.717) is 15.9 Å². The Hall–Kier alpha value is -2.87. The van der Waals surface area contributed by atoms with Crippen molar-refractivity contribution < 1.29 is 14.1 Å². The van der Waals surface area contributed by atoms with E-state index in [0.717, 1.165) is 4.70 Å². The number of thiazole rings is 1. The maximum absolute atomic E-state index is 12.9. The highest BCUT2D eigenvalue weighted by Crippen LogP contribution is 2.22. The molecule has 0 spiro atoms. The van der Waals surface area contributed by atoms with Gasteiger partial charge in [0.25, 0.3) is 11.6 Å². The summed E-state index contributed by atoms with van der Waals surface area (Å²) in [5.41, 5.74) is 1.30. The normalized spacial score (nSPS) is 11.8. The lowest BCUT2D eigenvalue weighted by Crippen LogP contribution is -2.14. The molecule has 3 rings (SSSR count). The van der Waals surface area contributed by atoms with Gasteiger partial charge in [0.05, 0.1) is 21.6 Å². The summed E-state index contributed by atoms with van der Waals surface area (Å²) in [5, 5.41) is 10.9. The first-order valence-electron chi connectivity index (χ1n) is 7.00. The molecule has 122 valence electrons. The monoisotopic (exact) mass is 345 g/mol. The molecule has 1 aromatic heterocycles. The molecule has 0 fully saturated rings. The molecule has 3 aromatic rings. The fraction of sp³-hybridized carbons (Fsp3) is 0.125. The topological polar surface area (TPSA) is 77.5 Å². The summed E-state index contributed by atoms with van der Waals surface area (Å²) in [5.74, 6) is -0.723. The Balaban J connectivity index is 1.94. The van der Waals surface area contributed by atoms with E-state index in [4.69, 9.17) is 0 Å². The summed E-state index contributed by atoms with van der Waals surface area (Å²) in [7, 11) is 1.70. The Morgan fingerprint density at radius 3 is 2.67 bits per heavy atom. The van der Waals surface area contributed by atoms with Gasteiger partial charge in [0.2, 0.25) is 0 Å². The Morgan fingerprint density at radius 1 is 1.29 bits per heavy atom. The summed E-state index contributed by atoms with van der Waals surface area (Å²) in [6.07, 6.45) is 0.0642. The number of amides is 1. The number of nitrogens with zero attached hydrogens (tertiary/aromatic N) is 3. The average Bonchev–Trinajstić information content (AvgIpc) is 2.85. The van der Waals surface area contributed by atoms with E-state index in [-0.39, 0.29) is 23.8 Å². The molecule has 0 aliphatic carbocycles. The molecular weight excluding hydrogens is 333 g/mol. The van der Waals surface area contributed by atoms with Gasteiger partial charge in [-0.3, -0.25) is 14.9 Å². The molecule has 1 heterocycles. The minimum absolute atomic E-state index is 0.0138. The van der Waals surface area contributed by atoms with Crippen LogP contribution in [0.4, 0.5) is 10.1 Å². The van der Waals surface area contributed by atoms with Crippen LogP contribution in [-0.4, -0.2) is 15.4 Å². The van der Waals surface area contributed by atoms with Gasteiger partial charge >= 0.3 is 0 Å².